The third-order valence-corrected chi connectivity index (χ3v) is 10.3. The van der Waals surface area contributed by atoms with Gasteiger partial charge in [-0.15, -0.1) is 0 Å². The second-order valence-electron chi connectivity index (χ2n) is 12.3. The molecule has 2 heterocycles. The van der Waals surface area contributed by atoms with Crippen molar-refractivity contribution in [3.8, 4) is 5.69 Å². The minimum atomic E-state index is -0.751. The molecule has 4 aliphatic carbocycles. The van der Waals surface area contributed by atoms with E-state index >= 15 is 0 Å². The summed E-state index contributed by atoms with van der Waals surface area (Å²) in [5.41, 5.74) is 5.95. The zero-order valence-electron chi connectivity index (χ0n) is 22.7. The molecule has 4 saturated carbocycles. The summed E-state index contributed by atoms with van der Waals surface area (Å²) in [5, 5.41) is 2.32. The fraction of sp³-hybridized carbons (Fsp3) is 0.364. The molecule has 7 heteroatoms. The van der Waals surface area contributed by atoms with Gasteiger partial charge in [-0.3, -0.25) is 14.9 Å². The van der Waals surface area contributed by atoms with Crippen molar-refractivity contribution in [1.82, 2.24) is 9.88 Å². The van der Waals surface area contributed by atoms with Crippen molar-refractivity contribution in [3.63, 3.8) is 0 Å². The van der Waals surface area contributed by atoms with Crippen LogP contribution in [0.2, 0.25) is 0 Å². The third-order valence-electron chi connectivity index (χ3n) is 9.73. The molecule has 1 aromatic heterocycles. The van der Waals surface area contributed by atoms with E-state index in [0.717, 1.165) is 49.8 Å². The lowest BCUT2D eigenvalue weighted by Crippen LogP contribution is -2.54. The quantitative estimate of drug-likeness (QED) is 0.260. The van der Waals surface area contributed by atoms with E-state index in [0.29, 0.717) is 11.1 Å². The maximum absolute atomic E-state index is 13.4. The van der Waals surface area contributed by atoms with Gasteiger partial charge in [0.25, 0.3) is 11.8 Å². The molecule has 4 amide bonds. The van der Waals surface area contributed by atoms with Crippen molar-refractivity contribution in [3.05, 3.63) is 87.2 Å². The molecular weight excluding hydrogens is 566 g/mol. The Labute approximate surface area is 242 Å². The van der Waals surface area contributed by atoms with Crippen LogP contribution in [0.25, 0.3) is 11.8 Å². The zero-order valence-corrected chi connectivity index (χ0v) is 24.3. The summed E-state index contributed by atoms with van der Waals surface area (Å²) in [6.07, 6.45) is 9.93. The molecule has 1 aliphatic heterocycles. The molecule has 5 fully saturated rings. The number of rotatable bonds is 4. The fourth-order valence-corrected chi connectivity index (χ4v) is 8.66. The molecule has 3 aromatic rings. The molecule has 0 atom stereocenters. The smallest absolute Gasteiger partial charge is 0.318 e. The Morgan fingerprint density at radius 2 is 1.43 bits per heavy atom. The van der Waals surface area contributed by atoms with E-state index in [9.17, 15) is 14.4 Å². The van der Waals surface area contributed by atoms with E-state index < -0.39 is 17.8 Å². The molecule has 6 nitrogen and oxygen atoms in total. The van der Waals surface area contributed by atoms with E-state index in [4.69, 9.17) is 0 Å². The van der Waals surface area contributed by atoms with Crippen LogP contribution >= 0.6 is 15.9 Å². The van der Waals surface area contributed by atoms with Crippen LogP contribution in [0.3, 0.4) is 0 Å². The average molecular weight is 599 g/mol. The Balaban J connectivity index is 1.19. The van der Waals surface area contributed by atoms with Crippen LogP contribution in [0.4, 0.5) is 10.5 Å². The summed E-state index contributed by atoms with van der Waals surface area (Å²) >= 11 is 3.37. The van der Waals surface area contributed by atoms with Gasteiger partial charge in [0, 0.05) is 21.5 Å². The molecule has 2 aromatic carbocycles. The maximum atomic E-state index is 13.4. The largest absolute Gasteiger partial charge is 0.335 e. The van der Waals surface area contributed by atoms with Gasteiger partial charge in [0.05, 0.1) is 5.69 Å². The summed E-state index contributed by atoms with van der Waals surface area (Å²) in [5.74, 6) is 1.40. The first-order chi connectivity index (χ1) is 19.2. The lowest BCUT2D eigenvalue weighted by atomic mass is 9.48. The summed E-state index contributed by atoms with van der Waals surface area (Å²) in [6, 6.07) is 17.2. The van der Waals surface area contributed by atoms with Crippen LogP contribution in [0.5, 0.6) is 0 Å². The molecule has 4 bridgehead atoms. The minimum absolute atomic E-state index is 0.0695. The van der Waals surface area contributed by atoms with Crippen LogP contribution in [0, 0.1) is 31.6 Å². The standard InChI is InChI=1S/C33H32BrN3O3/c1-19-11-24(15-29-30(38)35-32(40)37(31(29)39)28-9-5-26(34)6-10-28)20(2)36(19)27-7-3-25(4-8-27)33-16-21-12-22(17-33)14-23(13-21)18-33/h3-11,15,21-23H,12-14,16-18H2,1-2H3,(H,35,38,40)/b29-15+. The number of urea groups is 1. The number of hydrogen-bond donors (Lipinski definition) is 1. The highest BCUT2D eigenvalue weighted by Gasteiger charge is 2.51. The van der Waals surface area contributed by atoms with Crippen molar-refractivity contribution in [1.29, 1.82) is 0 Å². The Bertz CT molecular complexity index is 1550. The van der Waals surface area contributed by atoms with Gasteiger partial charge in [0.2, 0.25) is 0 Å². The molecule has 8 rings (SSSR count). The maximum Gasteiger partial charge on any atom is 0.335 e. The second kappa shape index (κ2) is 9.30. The first-order valence-corrected chi connectivity index (χ1v) is 15.0. The fourth-order valence-electron chi connectivity index (χ4n) is 8.40. The van der Waals surface area contributed by atoms with E-state index in [1.807, 2.05) is 19.9 Å². The number of hydrogen-bond acceptors (Lipinski definition) is 3. The predicted octanol–water partition coefficient (Wildman–Crippen LogP) is 6.99. The number of imide groups is 2. The van der Waals surface area contributed by atoms with Gasteiger partial charge >= 0.3 is 6.03 Å². The van der Waals surface area contributed by atoms with Gasteiger partial charge in [-0.05, 0) is 135 Å². The van der Waals surface area contributed by atoms with E-state index in [1.165, 1.54) is 44.1 Å². The topological polar surface area (TPSA) is 71.4 Å². The van der Waals surface area contributed by atoms with Crippen LogP contribution in [-0.4, -0.2) is 22.4 Å². The van der Waals surface area contributed by atoms with Crippen molar-refractivity contribution in [2.45, 2.75) is 57.8 Å². The van der Waals surface area contributed by atoms with Crippen LogP contribution in [-0.2, 0) is 15.0 Å². The molecule has 1 saturated heterocycles. The van der Waals surface area contributed by atoms with E-state index in [1.54, 1.807) is 30.3 Å². The first-order valence-electron chi connectivity index (χ1n) is 14.2. The van der Waals surface area contributed by atoms with Gasteiger partial charge in [0.15, 0.2) is 0 Å². The van der Waals surface area contributed by atoms with Gasteiger partial charge < -0.3 is 4.57 Å². The zero-order chi connectivity index (χ0) is 27.8. The van der Waals surface area contributed by atoms with Gasteiger partial charge in [-0.25, -0.2) is 9.69 Å². The van der Waals surface area contributed by atoms with E-state index in [-0.39, 0.29) is 5.57 Å². The van der Waals surface area contributed by atoms with Crippen molar-refractivity contribution in [2.24, 2.45) is 17.8 Å². The highest BCUT2D eigenvalue weighted by Crippen LogP contribution is 2.60. The number of nitrogens with zero attached hydrogens (tertiary/aromatic N) is 2. The summed E-state index contributed by atoms with van der Waals surface area (Å²) in [7, 11) is 0. The number of halogens is 1. The molecule has 0 spiro atoms. The molecule has 1 N–H and O–H groups in total. The predicted molar refractivity (Wildman–Crippen MR) is 158 cm³/mol. The lowest BCUT2D eigenvalue weighted by Gasteiger charge is -2.57. The number of amides is 4. The lowest BCUT2D eigenvalue weighted by molar-refractivity contribution is -0.122. The second-order valence-corrected chi connectivity index (χ2v) is 13.3. The number of aromatic nitrogens is 1. The number of aryl methyl sites for hydroxylation is 1. The van der Waals surface area contributed by atoms with Crippen molar-refractivity contribution >= 4 is 45.5 Å². The molecule has 0 unspecified atom stereocenters. The normalized spacial score (nSPS) is 28.5. The Morgan fingerprint density at radius 3 is 2.02 bits per heavy atom. The van der Waals surface area contributed by atoms with Crippen LogP contribution in [0.1, 0.15) is 61.0 Å². The molecule has 0 radical (unpaired) electrons. The summed E-state index contributed by atoms with van der Waals surface area (Å²) in [6.45, 7) is 4.03. The number of anilines is 1. The SMILES string of the molecule is Cc1cc(/C=C2\C(=O)NC(=O)N(c3ccc(Br)cc3)C2=O)c(C)n1-c1ccc(C23CC4CC(CC(C4)C2)C3)cc1. The van der Waals surface area contributed by atoms with Crippen molar-refractivity contribution < 1.29 is 14.4 Å². The van der Waals surface area contributed by atoms with E-state index in [2.05, 4.69) is 50.1 Å². The van der Waals surface area contributed by atoms with Gasteiger partial charge in [-0.1, -0.05) is 28.1 Å². The molecule has 204 valence electrons. The van der Waals surface area contributed by atoms with Crippen molar-refractivity contribution in [2.75, 3.05) is 4.90 Å². The minimum Gasteiger partial charge on any atom is -0.318 e. The number of nitrogens with one attached hydrogen (secondary N) is 1. The van der Waals surface area contributed by atoms with Gasteiger partial charge in [-0.2, -0.15) is 0 Å². The number of carbonyl (C=O) groups is 3. The molecule has 40 heavy (non-hydrogen) atoms. The Hall–Kier alpha value is -3.45. The Morgan fingerprint density at radius 1 is 0.850 bits per heavy atom. The average Bonchev–Trinajstić information content (AvgIpc) is 3.19. The number of benzene rings is 2. The molecule has 5 aliphatic rings. The van der Waals surface area contributed by atoms with Crippen LogP contribution in [0.15, 0.2) is 64.6 Å². The van der Waals surface area contributed by atoms with Gasteiger partial charge in [0.1, 0.15) is 5.57 Å². The summed E-state index contributed by atoms with van der Waals surface area (Å²) in [4.78, 5) is 39.7. The molecular formula is C33H32BrN3O3. The highest BCUT2D eigenvalue weighted by molar-refractivity contribution is 9.10. The monoisotopic (exact) mass is 597 g/mol. The number of carbonyl (C=O) groups excluding carboxylic acids is 3. The first kappa shape index (κ1) is 25.5. The van der Waals surface area contributed by atoms with Crippen LogP contribution < -0.4 is 10.2 Å². The third kappa shape index (κ3) is 4.09. The number of barbiturate groups is 1. The highest BCUT2D eigenvalue weighted by atomic mass is 79.9. The Kier molecular flexibility index (Phi) is 5.93. The summed E-state index contributed by atoms with van der Waals surface area (Å²) < 4.78 is 2.99.